The van der Waals surface area contributed by atoms with E-state index in [-0.39, 0.29) is 0 Å². The third-order valence-corrected chi connectivity index (χ3v) is 2.56. The van der Waals surface area contributed by atoms with Crippen molar-refractivity contribution in [3.63, 3.8) is 0 Å². The number of ether oxygens (including phenoxy) is 1. The number of furan rings is 1. The van der Waals surface area contributed by atoms with E-state index in [2.05, 4.69) is 10.6 Å². The van der Waals surface area contributed by atoms with E-state index in [1.165, 1.54) is 5.56 Å². The zero-order valence-corrected chi connectivity index (χ0v) is 8.87. The Hall–Kier alpha value is -0.840. The van der Waals surface area contributed by atoms with Gasteiger partial charge >= 0.3 is 0 Å². The predicted molar refractivity (Wildman–Crippen MR) is 57.6 cm³/mol. The predicted octanol–water partition coefficient (Wildman–Crippen LogP) is 0.748. The van der Waals surface area contributed by atoms with Crippen LogP contribution in [0.15, 0.2) is 23.0 Å². The van der Waals surface area contributed by atoms with E-state index in [9.17, 15) is 0 Å². The minimum absolute atomic E-state index is 0.371. The smallest absolute Gasteiger partial charge is 0.0947 e. The van der Waals surface area contributed by atoms with Crippen LogP contribution in [-0.2, 0) is 11.3 Å². The van der Waals surface area contributed by atoms with Gasteiger partial charge in [0, 0.05) is 25.2 Å². The van der Waals surface area contributed by atoms with E-state index >= 15 is 0 Å². The van der Waals surface area contributed by atoms with E-state index < -0.39 is 0 Å². The van der Waals surface area contributed by atoms with Gasteiger partial charge in [-0.2, -0.15) is 0 Å². The van der Waals surface area contributed by atoms with Gasteiger partial charge in [-0.15, -0.1) is 0 Å². The first-order valence-electron chi connectivity index (χ1n) is 5.49. The lowest BCUT2D eigenvalue weighted by molar-refractivity contribution is 0.0238. The van der Waals surface area contributed by atoms with Crippen molar-refractivity contribution in [3.8, 4) is 0 Å². The van der Waals surface area contributed by atoms with Gasteiger partial charge in [-0.3, -0.25) is 0 Å². The first-order chi connectivity index (χ1) is 7.45. The summed E-state index contributed by atoms with van der Waals surface area (Å²) in [6, 6.07) is 1.98. The Morgan fingerprint density at radius 3 is 3.27 bits per heavy atom. The summed E-state index contributed by atoms with van der Waals surface area (Å²) in [7, 11) is 0. The third kappa shape index (κ3) is 3.66. The van der Waals surface area contributed by atoms with Crippen LogP contribution in [0.25, 0.3) is 0 Å². The van der Waals surface area contributed by atoms with Gasteiger partial charge in [-0.1, -0.05) is 0 Å². The monoisotopic (exact) mass is 210 g/mol. The Labute approximate surface area is 90.0 Å². The summed E-state index contributed by atoms with van der Waals surface area (Å²) in [5.74, 6) is 0. The molecule has 0 radical (unpaired) electrons. The lowest BCUT2D eigenvalue weighted by atomic mass is 10.2. The van der Waals surface area contributed by atoms with Gasteiger partial charge in [0.15, 0.2) is 0 Å². The van der Waals surface area contributed by atoms with Crippen molar-refractivity contribution < 1.29 is 9.15 Å². The Bertz CT molecular complexity index is 256. The minimum atomic E-state index is 0.371. The van der Waals surface area contributed by atoms with Crippen LogP contribution < -0.4 is 10.6 Å². The second-order valence-corrected chi connectivity index (χ2v) is 3.79. The molecule has 15 heavy (non-hydrogen) atoms. The van der Waals surface area contributed by atoms with Crippen LogP contribution in [0.4, 0.5) is 0 Å². The molecule has 0 aliphatic carbocycles. The van der Waals surface area contributed by atoms with Crippen molar-refractivity contribution in [2.45, 2.75) is 19.1 Å². The van der Waals surface area contributed by atoms with Gasteiger partial charge in [0.05, 0.1) is 25.2 Å². The molecule has 1 aliphatic rings. The highest BCUT2D eigenvalue weighted by molar-refractivity contribution is 5.04. The highest BCUT2D eigenvalue weighted by Gasteiger charge is 2.11. The SMILES string of the molecule is c1cc(CNCCC2CNCCO2)co1. The van der Waals surface area contributed by atoms with Gasteiger partial charge in [-0.05, 0) is 19.0 Å². The van der Waals surface area contributed by atoms with Crippen molar-refractivity contribution in [1.82, 2.24) is 10.6 Å². The lowest BCUT2D eigenvalue weighted by Gasteiger charge is -2.23. The fraction of sp³-hybridized carbons (Fsp3) is 0.636. The molecule has 2 rings (SSSR count). The van der Waals surface area contributed by atoms with Gasteiger partial charge in [-0.25, -0.2) is 0 Å². The van der Waals surface area contributed by atoms with Crippen LogP contribution in [0.3, 0.4) is 0 Å². The Balaban J connectivity index is 1.54. The highest BCUT2D eigenvalue weighted by Crippen LogP contribution is 2.01. The molecule has 0 aromatic carbocycles. The van der Waals surface area contributed by atoms with E-state index in [4.69, 9.17) is 9.15 Å². The van der Waals surface area contributed by atoms with E-state index in [0.717, 1.165) is 39.2 Å². The second kappa shape index (κ2) is 5.90. The zero-order chi connectivity index (χ0) is 10.3. The molecule has 0 saturated carbocycles. The summed E-state index contributed by atoms with van der Waals surface area (Å²) in [6.45, 7) is 4.66. The molecular weight excluding hydrogens is 192 g/mol. The normalized spacial score (nSPS) is 21.7. The molecule has 4 nitrogen and oxygen atoms in total. The van der Waals surface area contributed by atoms with Gasteiger partial charge in [0.1, 0.15) is 0 Å². The molecule has 1 aromatic rings. The van der Waals surface area contributed by atoms with Gasteiger partial charge < -0.3 is 19.8 Å². The summed E-state index contributed by atoms with van der Waals surface area (Å²) in [6.07, 6.45) is 4.90. The second-order valence-electron chi connectivity index (χ2n) is 3.79. The summed E-state index contributed by atoms with van der Waals surface area (Å²) < 4.78 is 10.6. The van der Waals surface area contributed by atoms with Crippen LogP contribution in [0, 0.1) is 0 Å². The maximum absolute atomic E-state index is 5.59. The molecular formula is C11H18N2O2. The first kappa shape index (κ1) is 10.7. The number of nitrogens with one attached hydrogen (secondary N) is 2. The maximum Gasteiger partial charge on any atom is 0.0947 e. The third-order valence-electron chi connectivity index (χ3n) is 2.56. The van der Waals surface area contributed by atoms with Gasteiger partial charge in [0.2, 0.25) is 0 Å². The molecule has 1 fully saturated rings. The van der Waals surface area contributed by atoms with Crippen molar-refractivity contribution in [2.75, 3.05) is 26.2 Å². The molecule has 1 aromatic heterocycles. The molecule has 0 spiro atoms. The van der Waals surface area contributed by atoms with E-state index in [1.807, 2.05) is 6.07 Å². The van der Waals surface area contributed by atoms with Gasteiger partial charge in [0.25, 0.3) is 0 Å². The molecule has 1 atom stereocenters. The maximum atomic E-state index is 5.59. The van der Waals surface area contributed by atoms with Crippen molar-refractivity contribution in [3.05, 3.63) is 24.2 Å². The van der Waals surface area contributed by atoms with E-state index in [1.54, 1.807) is 12.5 Å². The van der Waals surface area contributed by atoms with Crippen LogP contribution in [-0.4, -0.2) is 32.3 Å². The average molecular weight is 210 g/mol. The van der Waals surface area contributed by atoms with Crippen LogP contribution >= 0.6 is 0 Å². The van der Waals surface area contributed by atoms with Crippen LogP contribution in [0.5, 0.6) is 0 Å². The molecule has 0 amide bonds. The molecule has 4 heteroatoms. The quantitative estimate of drug-likeness (QED) is 0.704. The van der Waals surface area contributed by atoms with Crippen LogP contribution in [0.1, 0.15) is 12.0 Å². The number of morpholine rings is 1. The molecule has 0 bridgehead atoms. The first-order valence-corrected chi connectivity index (χ1v) is 5.49. The van der Waals surface area contributed by atoms with E-state index in [0.29, 0.717) is 6.10 Å². The molecule has 1 aliphatic heterocycles. The number of rotatable bonds is 5. The molecule has 2 N–H and O–H groups in total. The summed E-state index contributed by atoms with van der Waals surface area (Å²) in [5.41, 5.74) is 1.19. The van der Waals surface area contributed by atoms with Crippen molar-refractivity contribution >= 4 is 0 Å². The summed E-state index contributed by atoms with van der Waals surface area (Å²) >= 11 is 0. The number of hydrogen-bond acceptors (Lipinski definition) is 4. The van der Waals surface area contributed by atoms with Crippen molar-refractivity contribution in [2.24, 2.45) is 0 Å². The average Bonchev–Trinajstić information content (AvgIpc) is 2.79. The summed E-state index contributed by atoms with van der Waals surface area (Å²) in [4.78, 5) is 0. The summed E-state index contributed by atoms with van der Waals surface area (Å²) in [5, 5.41) is 6.69. The lowest BCUT2D eigenvalue weighted by Crippen LogP contribution is -2.39. The Morgan fingerprint density at radius 1 is 1.53 bits per heavy atom. The highest BCUT2D eigenvalue weighted by atomic mass is 16.5. The fourth-order valence-electron chi connectivity index (χ4n) is 1.69. The molecule has 1 unspecified atom stereocenters. The fourth-order valence-corrected chi connectivity index (χ4v) is 1.69. The zero-order valence-electron chi connectivity index (χ0n) is 8.87. The minimum Gasteiger partial charge on any atom is -0.472 e. The number of hydrogen-bond donors (Lipinski definition) is 2. The molecule has 84 valence electrons. The van der Waals surface area contributed by atoms with Crippen molar-refractivity contribution in [1.29, 1.82) is 0 Å². The molecule has 2 heterocycles. The topological polar surface area (TPSA) is 46.4 Å². The largest absolute Gasteiger partial charge is 0.472 e. The van der Waals surface area contributed by atoms with Crippen LogP contribution in [0.2, 0.25) is 0 Å². The standard InChI is InChI=1S/C11H18N2O2/c1(11-8-13-4-6-15-11)3-12-7-10-2-5-14-9-10/h2,5,9,11-13H,1,3-4,6-8H2. The Morgan fingerprint density at radius 2 is 2.53 bits per heavy atom. The Kier molecular flexibility index (Phi) is 4.20. The molecule has 1 saturated heterocycles.